The Kier molecular flexibility index (Phi) is 5.22. The van der Waals surface area contributed by atoms with Crippen LogP contribution < -0.4 is 4.90 Å². The van der Waals surface area contributed by atoms with Crippen molar-refractivity contribution in [2.45, 2.75) is 26.2 Å². The van der Waals surface area contributed by atoms with E-state index in [0.717, 1.165) is 16.3 Å². The Morgan fingerprint density at radius 3 is 2.37 bits per heavy atom. The summed E-state index contributed by atoms with van der Waals surface area (Å²) in [6, 6.07) is 21.0. The zero-order valence-electron chi connectivity index (χ0n) is 16.6. The highest BCUT2D eigenvalue weighted by atomic mass is 35.5. The maximum absolute atomic E-state index is 13.1. The first-order valence-electron chi connectivity index (χ1n) is 9.49. The fraction of sp³-hybridized carbons (Fsp3) is 0.167. The predicted octanol–water partition coefficient (Wildman–Crippen LogP) is 5.22. The van der Waals surface area contributed by atoms with Crippen LogP contribution in [0.2, 0.25) is 5.02 Å². The number of rotatable bonds is 4. The average Bonchev–Trinajstić information content (AvgIpc) is 2.97. The van der Waals surface area contributed by atoms with Crippen LogP contribution >= 0.6 is 11.6 Å². The average molecular weight is 422 g/mol. The Morgan fingerprint density at radius 1 is 1.00 bits per heavy atom. The van der Waals surface area contributed by atoms with Crippen molar-refractivity contribution in [1.29, 1.82) is 0 Å². The Morgan fingerprint density at radius 2 is 1.70 bits per heavy atom. The van der Waals surface area contributed by atoms with Crippen molar-refractivity contribution in [3.8, 4) is 0 Å². The number of anilines is 1. The van der Waals surface area contributed by atoms with E-state index >= 15 is 0 Å². The van der Waals surface area contributed by atoms with Gasteiger partial charge in [-0.25, -0.2) is 4.79 Å². The summed E-state index contributed by atoms with van der Waals surface area (Å²) in [5.74, 6) is -2.25. The maximum Gasteiger partial charge on any atom is 0.377 e. The number of cyclic esters (lactones) is 1. The van der Waals surface area contributed by atoms with E-state index in [9.17, 15) is 9.59 Å². The summed E-state index contributed by atoms with van der Waals surface area (Å²) in [6.07, 6.45) is 1.17. The lowest BCUT2D eigenvalue weighted by Gasteiger charge is -2.22. The van der Waals surface area contributed by atoms with Crippen molar-refractivity contribution in [3.05, 3.63) is 89.2 Å². The smallest absolute Gasteiger partial charge is 0.377 e. The Hall–Kier alpha value is -3.31. The zero-order chi connectivity index (χ0) is 21.3. The van der Waals surface area contributed by atoms with Crippen molar-refractivity contribution >= 4 is 39.9 Å². The first kappa shape index (κ1) is 20.0. The van der Waals surface area contributed by atoms with Gasteiger partial charge in [-0.05, 0) is 46.7 Å². The molecule has 152 valence electrons. The fourth-order valence-electron chi connectivity index (χ4n) is 3.32. The highest BCUT2D eigenvalue weighted by Crippen LogP contribution is 2.28. The van der Waals surface area contributed by atoms with Crippen LogP contribution in [0, 0.1) is 0 Å². The van der Waals surface area contributed by atoms with E-state index in [1.807, 2.05) is 42.5 Å². The number of carbonyl (C=O) groups is 2. The van der Waals surface area contributed by atoms with Gasteiger partial charge in [0.05, 0.1) is 12.6 Å². The molecule has 3 aromatic rings. The second-order valence-electron chi connectivity index (χ2n) is 7.48. The van der Waals surface area contributed by atoms with Crippen LogP contribution in [-0.4, -0.2) is 17.7 Å². The molecule has 1 fully saturated rings. The molecule has 1 heterocycles. The third-order valence-corrected chi connectivity index (χ3v) is 4.96. The van der Waals surface area contributed by atoms with Gasteiger partial charge in [-0.3, -0.25) is 4.79 Å². The predicted molar refractivity (Wildman–Crippen MR) is 116 cm³/mol. The Balaban J connectivity index is 1.68. The van der Waals surface area contributed by atoms with Crippen LogP contribution in [0.1, 0.15) is 19.4 Å². The van der Waals surface area contributed by atoms with Gasteiger partial charge in [0.2, 0.25) is 11.5 Å². The van der Waals surface area contributed by atoms with Gasteiger partial charge in [0.25, 0.3) is 5.91 Å². The summed E-state index contributed by atoms with van der Waals surface area (Å²) in [5, 5.41) is 2.78. The van der Waals surface area contributed by atoms with E-state index in [-0.39, 0.29) is 5.76 Å². The number of halogens is 1. The summed E-state index contributed by atoms with van der Waals surface area (Å²) in [4.78, 5) is 26.7. The molecular formula is C24H20ClNO4. The number of fused-ring (bicyclic) bond motifs is 1. The van der Waals surface area contributed by atoms with Gasteiger partial charge in [-0.1, -0.05) is 48.0 Å². The molecule has 0 atom stereocenters. The van der Waals surface area contributed by atoms with Gasteiger partial charge in [-0.15, -0.1) is 0 Å². The minimum Gasteiger partial charge on any atom is -0.445 e. The van der Waals surface area contributed by atoms with Crippen LogP contribution in [0.5, 0.6) is 0 Å². The van der Waals surface area contributed by atoms with E-state index in [1.54, 1.807) is 43.0 Å². The van der Waals surface area contributed by atoms with Crippen LogP contribution in [0.15, 0.2) is 78.6 Å². The quantitative estimate of drug-likeness (QED) is 0.428. The molecule has 0 aromatic heterocycles. The number of esters is 1. The fourth-order valence-corrected chi connectivity index (χ4v) is 3.44. The van der Waals surface area contributed by atoms with Crippen molar-refractivity contribution in [1.82, 2.24) is 0 Å². The summed E-state index contributed by atoms with van der Waals surface area (Å²) < 4.78 is 10.6. The molecule has 6 heteroatoms. The van der Waals surface area contributed by atoms with E-state index < -0.39 is 17.7 Å². The topological polar surface area (TPSA) is 55.8 Å². The number of benzene rings is 3. The minimum absolute atomic E-state index is 0.109. The number of amides is 1. The summed E-state index contributed by atoms with van der Waals surface area (Å²) in [5.41, 5.74) is 1.60. The highest BCUT2D eigenvalue weighted by molar-refractivity contribution is 6.30. The third-order valence-electron chi connectivity index (χ3n) is 4.71. The molecule has 1 amide bonds. The van der Waals surface area contributed by atoms with Gasteiger partial charge >= 0.3 is 5.97 Å². The van der Waals surface area contributed by atoms with E-state index in [2.05, 4.69) is 0 Å². The lowest BCUT2D eigenvalue weighted by atomic mass is 10.1. The van der Waals surface area contributed by atoms with Gasteiger partial charge in [-0.2, -0.15) is 0 Å². The van der Waals surface area contributed by atoms with Crippen molar-refractivity contribution < 1.29 is 19.1 Å². The molecule has 1 aliphatic heterocycles. The van der Waals surface area contributed by atoms with Crippen molar-refractivity contribution in [2.24, 2.45) is 0 Å². The molecule has 3 aromatic carbocycles. The lowest BCUT2D eigenvalue weighted by Crippen LogP contribution is -2.29. The zero-order valence-corrected chi connectivity index (χ0v) is 17.3. The summed E-state index contributed by atoms with van der Waals surface area (Å²) in [6.45, 7) is 3.54. The number of ether oxygens (including phenoxy) is 2. The molecule has 0 unspecified atom stereocenters. The molecule has 0 bridgehead atoms. The number of hydrogen-bond donors (Lipinski definition) is 0. The Labute approximate surface area is 179 Å². The van der Waals surface area contributed by atoms with Gasteiger partial charge in [0.15, 0.2) is 0 Å². The number of hydrogen-bond acceptors (Lipinski definition) is 4. The minimum atomic E-state index is -1.09. The summed E-state index contributed by atoms with van der Waals surface area (Å²) >= 11 is 6.01. The van der Waals surface area contributed by atoms with Gasteiger partial charge in [0, 0.05) is 24.6 Å². The lowest BCUT2D eigenvalue weighted by molar-refractivity contribution is -0.159. The largest absolute Gasteiger partial charge is 0.445 e. The maximum atomic E-state index is 13.1. The van der Waals surface area contributed by atoms with Crippen LogP contribution in [0.3, 0.4) is 0 Å². The third kappa shape index (κ3) is 4.31. The van der Waals surface area contributed by atoms with Crippen molar-refractivity contribution in [2.75, 3.05) is 4.90 Å². The van der Waals surface area contributed by atoms with E-state index in [1.165, 1.54) is 6.08 Å². The number of nitrogens with zero attached hydrogens (tertiary/aromatic N) is 1. The molecule has 0 aliphatic carbocycles. The second kappa shape index (κ2) is 7.84. The molecule has 5 nitrogen and oxygen atoms in total. The molecule has 1 aliphatic rings. The van der Waals surface area contributed by atoms with E-state index in [0.29, 0.717) is 17.3 Å². The van der Waals surface area contributed by atoms with Gasteiger partial charge in [0.1, 0.15) is 0 Å². The SMILES string of the molecule is CC1(C)OC(=O)C(=CC(=O)N(Cc2ccc3ccccc3c2)c2ccc(Cl)cc2)O1. The monoisotopic (exact) mass is 421 g/mol. The standard InChI is InChI=1S/C24H20ClNO4/c1-24(2)29-21(23(28)30-24)14-22(27)26(20-11-9-19(25)10-12-20)15-16-7-8-17-5-3-4-6-18(17)13-16/h3-14H,15H2,1-2H3. The second-order valence-corrected chi connectivity index (χ2v) is 7.92. The molecule has 0 N–H and O–H groups in total. The molecular weight excluding hydrogens is 402 g/mol. The molecule has 0 spiro atoms. The normalized spacial score (nSPS) is 16.4. The van der Waals surface area contributed by atoms with E-state index in [4.69, 9.17) is 21.1 Å². The first-order valence-corrected chi connectivity index (χ1v) is 9.87. The molecule has 0 saturated carbocycles. The summed E-state index contributed by atoms with van der Waals surface area (Å²) in [7, 11) is 0. The van der Waals surface area contributed by atoms with Crippen molar-refractivity contribution in [3.63, 3.8) is 0 Å². The number of carbonyl (C=O) groups excluding carboxylic acids is 2. The molecule has 1 saturated heterocycles. The first-order chi connectivity index (χ1) is 14.3. The highest BCUT2D eigenvalue weighted by Gasteiger charge is 2.38. The Bertz CT molecular complexity index is 1150. The van der Waals surface area contributed by atoms with Crippen LogP contribution in [0.25, 0.3) is 10.8 Å². The molecule has 4 rings (SSSR count). The van der Waals surface area contributed by atoms with Gasteiger partial charge < -0.3 is 14.4 Å². The molecule has 0 radical (unpaired) electrons. The van der Waals surface area contributed by atoms with Crippen LogP contribution in [0.4, 0.5) is 5.69 Å². The van der Waals surface area contributed by atoms with Crippen LogP contribution in [-0.2, 0) is 25.6 Å². The molecule has 30 heavy (non-hydrogen) atoms.